The summed E-state index contributed by atoms with van der Waals surface area (Å²) >= 11 is 0. The van der Waals surface area contributed by atoms with Crippen LogP contribution in [0.25, 0.3) is 0 Å². The van der Waals surface area contributed by atoms with Crippen LogP contribution in [-0.4, -0.2) is 10.8 Å². The fourth-order valence-electron chi connectivity index (χ4n) is 3.09. The zero-order valence-corrected chi connectivity index (χ0v) is 15.6. The summed E-state index contributed by atoms with van der Waals surface area (Å²) in [6.45, 7) is 20.6. The summed E-state index contributed by atoms with van der Waals surface area (Å²) in [6.07, 6.45) is 0. The Balaban J connectivity index is 2.80. The van der Waals surface area contributed by atoms with Crippen LogP contribution >= 0.6 is 0 Å². The zero-order valence-electron chi connectivity index (χ0n) is 15.6. The molecule has 122 valence electrons. The van der Waals surface area contributed by atoms with Gasteiger partial charge in [-0.3, -0.25) is 0 Å². The monoisotopic (exact) mass is 309 g/mol. The number of nitrogens with zero attached hydrogens (tertiary/aromatic N) is 1. The predicted molar refractivity (Wildman–Crippen MR) is 100 cm³/mol. The lowest BCUT2D eigenvalue weighted by Gasteiger charge is -2.24. The van der Waals surface area contributed by atoms with Crippen molar-refractivity contribution in [2.45, 2.75) is 55.4 Å². The van der Waals surface area contributed by atoms with E-state index in [1.54, 1.807) is 0 Å². The molecule has 1 aliphatic rings. The number of phenols is 1. The Kier molecular flexibility index (Phi) is 4.39. The Morgan fingerprint density at radius 1 is 0.652 bits per heavy atom. The zero-order chi connectivity index (χ0) is 17.6. The van der Waals surface area contributed by atoms with Crippen molar-refractivity contribution >= 4 is 11.4 Å². The molecular weight excluding hydrogens is 282 g/mol. The largest absolute Gasteiger partial charge is 0.507 e. The second-order valence-corrected chi connectivity index (χ2v) is 6.64. The first-order chi connectivity index (χ1) is 10.6. The average molecular weight is 309 g/mol. The molecule has 1 N–H and O–H groups in total. The minimum atomic E-state index is 0.382. The number of aromatic hydroxyl groups is 1. The summed E-state index contributed by atoms with van der Waals surface area (Å²) in [4.78, 5) is 5.03. The van der Waals surface area contributed by atoms with Gasteiger partial charge < -0.3 is 5.11 Å². The van der Waals surface area contributed by atoms with Crippen molar-refractivity contribution in [2.24, 2.45) is 4.99 Å². The molecule has 0 saturated carbocycles. The van der Waals surface area contributed by atoms with E-state index in [0.29, 0.717) is 5.75 Å². The van der Waals surface area contributed by atoms with Crippen molar-refractivity contribution in [3.8, 4) is 5.75 Å². The molecule has 0 heterocycles. The van der Waals surface area contributed by atoms with Gasteiger partial charge in [-0.15, -0.1) is 0 Å². The van der Waals surface area contributed by atoms with Gasteiger partial charge in [0.15, 0.2) is 0 Å². The molecule has 0 atom stereocenters. The summed E-state index contributed by atoms with van der Waals surface area (Å²) in [5.74, 6) is 0.382. The van der Waals surface area contributed by atoms with Crippen molar-refractivity contribution in [3.05, 3.63) is 56.7 Å². The van der Waals surface area contributed by atoms with E-state index < -0.39 is 0 Å². The first-order valence-electron chi connectivity index (χ1n) is 8.02. The van der Waals surface area contributed by atoms with Gasteiger partial charge in [0.25, 0.3) is 0 Å². The number of phenolic OH excluding ortho intramolecular Hbond substituents is 1. The van der Waals surface area contributed by atoms with Gasteiger partial charge in [0, 0.05) is 0 Å². The summed E-state index contributed by atoms with van der Waals surface area (Å²) < 4.78 is 0. The topological polar surface area (TPSA) is 32.6 Å². The van der Waals surface area contributed by atoms with Gasteiger partial charge in [0.1, 0.15) is 5.75 Å². The number of hydrogen-bond donors (Lipinski definition) is 1. The minimum absolute atomic E-state index is 0.382. The highest BCUT2D eigenvalue weighted by Crippen LogP contribution is 2.39. The minimum Gasteiger partial charge on any atom is -0.507 e. The van der Waals surface area contributed by atoms with Crippen LogP contribution in [0.1, 0.15) is 49.9 Å². The Morgan fingerprint density at radius 2 is 1.04 bits per heavy atom. The summed E-state index contributed by atoms with van der Waals surface area (Å²) in [6, 6.07) is 0. The van der Waals surface area contributed by atoms with Gasteiger partial charge >= 0.3 is 0 Å². The van der Waals surface area contributed by atoms with Crippen LogP contribution in [0.5, 0.6) is 5.75 Å². The normalized spacial score (nSPS) is 15.7. The Bertz CT molecular complexity index is 758. The van der Waals surface area contributed by atoms with Crippen LogP contribution in [-0.2, 0) is 0 Å². The average Bonchev–Trinajstić information content (AvgIpc) is 2.54. The maximum absolute atomic E-state index is 10.2. The maximum atomic E-state index is 10.2. The van der Waals surface area contributed by atoms with Crippen LogP contribution in [0.3, 0.4) is 0 Å². The van der Waals surface area contributed by atoms with E-state index in [1.165, 1.54) is 22.3 Å². The van der Waals surface area contributed by atoms with E-state index in [1.807, 2.05) is 27.7 Å². The Morgan fingerprint density at radius 3 is 1.43 bits per heavy atom. The van der Waals surface area contributed by atoms with Crippen molar-refractivity contribution in [1.29, 1.82) is 0 Å². The van der Waals surface area contributed by atoms with Gasteiger partial charge in [-0.25, -0.2) is 4.99 Å². The van der Waals surface area contributed by atoms with Crippen molar-refractivity contribution in [3.63, 3.8) is 0 Å². The smallest absolute Gasteiger partial charge is 0.122 e. The summed E-state index contributed by atoms with van der Waals surface area (Å²) in [5.41, 5.74) is 11.8. The van der Waals surface area contributed by atoms with Crippen LogP contribution in [0, 0.1) is 27.7 Å². The van der Waals surface area contributed by atoms with E-state index >= 15 is 0 Å². The highest BCUT2D eigenvalue weighted by molar-refractivity contribution is 6.16. The molecule has 0 bridgehead atoms. The molecule has 1 aliphatic carbocycles. The molecule has 0 fully saturated rings. The Labute approximate surface area is 140 Å². The molecule has 0 saturated heterocycles. The molecule has 23 heavy (non-hydrogen) atoms. The lowest BCUT2D eigenvalue weighted by Crippen LogP contribution is -2.13. The molecule has 0 spiro atoms. The first-order valence-corrected chi connectivity index (χ1v) is 8.02. The predicted octanol–water partition coefficient (Wildman–Crippen LogP) is 5.94. The van der Waals surface area contributed by atoms with Crippen LogP contribution in [0.15, 0.2) is 39.4 Å². The molecule has 0 radical (unpaired) electrons. The number of aliphatic imine (C=N–C) groups is 1. The van der Waals surface area contributed by atoms with Crippen molar-refractivity contribution in [1.82, 2.24) is 0 Å². The van der Waals surface area contributed by atoms with Crippen molar-refractivity contribution in [2.75, 3.05) is 0 Å². The fourth-order valence-corrected chi connectivity index (χ4v) is 3.09. The van der Waals surface area contributed by atoms with Crippen LogP contribution in [0.4, 0.5) is 5.69 Å². The third-order valence-corrected chi connectivity index (χ3v) is 5.51. The SMILES string of the molecule is C=C1C(C)=C(C)C(=Nc2c(C)c(C)c(O)c(C)c2C)C(C)=C1C. The second kappa shape index (κ2) is 5.84. The van der Waals surface area contributed by atoms with Gasteiger partial charge in [-0.05, 0) is 106 Å². The van der Waals surface area contributed by atoms with Crippen molar-refractivity contribution < 1.29 is 5.11 Å². The molecule has 1 aromatic carbocycles. The third kappa shape index (κ3) is 2.56. The lowest BCUT2D eigenvalue weighted by molar-refractivity contribution is 0.466. The van der Waals surface area contributed by atoms with Gasteiger partial charge in [-0.2, -0.15) is 0 Å². The Hall–Kier alpha value is -2.09. The molecule has 2 nitrogen and oxygen atoms in total. The second-order valence-electron chi connectivity index (χ2n) is 6.64. The van der Waals surface area contributed by atoms with Gasteiger partial charge in [0.05, 0.1) is 11.4 Å². The number of allylic oxidation sites excluding steroid dienone is 5. The molecule has 1 aromatic rings. The number of rotatable bonds is 1. The molecule has 0 unspecified atom stereocenters. The van der Waals surface area contributed by atoms with Crippen LogP contribution < -0.4 is 0 Å². The van der Waals surface area contributed by atoms with Crippen LogP contribution in [0.2, 0.25) is 0 Å². The van der Waals surface area contributed by atoms with E-state index in [0.717, 1.165) is 39.2 Å². The quantitative estimate of drug-likeness (QED) is 0.684. The van der Waals surface area contributed by atoms with E-state index in [4.69, 9.17) is 4.99 Å². The standard InChI is InChI=1S/C21H27NO/c1-10-11(2)13(4)19(14(5)12(10)3)22-20-15(6)17(8)21(23)18(9)16(20)7/h23H,1H2,2-9H3. The highest BCUT2D eigenvalue weighted by Gasteiger charge is 2.21. The lowest BCUT2D eigenvalue weighted by atomic mass is 9.84. The molecule has 2 heteroatoms. The van der Waals surface area contributed by atoms with E-state index in [2.05, 4.69) is 34.3 Å². The summed E-state index contributed by atoms with van der Waals surface area (Å²) in [7, 11) is 0. The molecule has 0 amide bonds. The van der Waals surface area contributed by atoms with E-state index in [-0.39, 0.29) is 0 Å². The van der Waals surface area contributed by atoms with E-state index in [9.17, 15) is 5.11 Å². The number of hydrogen-bond acceptors (Lipinski definition) is 2. The maximum Gasteiger partial charge on any atom is 0.122 e. The fraction of sp³-hybridized carbons (Fsp3) is 0.381. The third-order valence-electron chi connectivity index (χ3n) is 5.51. The summed E-state index contributed by atoms with van der Waals surface area (Å²) in [5, 5.41) is 10.2. The first kappa shape index (κ1) is 17.3. The van der Waals surface area contributed by atoms with Gasteiger partial charge in [-0.1, -0.05) is 6.58 Å². The molecular formula is C21H27NO. The number of benzene rings is 1. The van der Waals surface area contributed by atoms with Gasteiger partial charge in [0.2, 0.25) is 0 Å². The molecule has 0 aliphatic heterocycles. The molecule has 0 aromatic heterocycles. The molecule has 2 rings (SSSR count). The highest BCUT2D eigenvalue weighted by atomic mass is 16.3.